The van der Waals surface area contributed by atoms with Crippen molar-refractivity contribution in [1.82, 2.24) is 10.2 Å². The SMILES string of the molecule is CC(C)(C)OC(=O)NC1CCN(C=C(c2cccc(Cl)c2)C2(O)CCCCC2)CC1. The van der Waals surface area contributed by atoms with Crippen LogP contribution in [-0.2, 0) is 4.74 Å². The van der Waals surface area contributed by atoms with Gasteiger partial charge in [0.25, 0.3) is 0 Å². The molecule has 2 aliphatic rings. The van der Waals surface area contributed by atoms with Crippen molar-refractivity contribution in [2.45, 2.75) is 83.0 Å². The van der Waals surface area contributed by atoms with Gasteiger partial charge in [-0.1, -0.05) is 43.0 Å². The molecule has 6 heteroatoms. The highest BCUT2D eigenvalue weighted by Gasteiger charge is 2.35. The summed E-state index contributed by atoms with van der Waals surface area (Å²) in [7, 11) is 0. The van der Waals surface area contributed by atoms with Crippen LogP contribution in [0.5, 0.6) is 0 Å². The molecule has 0 atom stereocenters. The smallest absolute Gasteiger partial charge is 0.407 e. The fourth-order valence-electron chi connectivity index (χ4n) is 4.36. The van der Waals surface area contributed by atoms with Crippen LogP contribution in [0.15, 0.2) is 30.5 Å². The number of carbonyl (C=O) groups is 1. The molecule has 0 unspecified atom stereocenters. The van der Waals surface area contributed by atoms with Gasteiger partial charge in [0, 0.05) is 35.9 Å². The lowest BCUT2D eigenvalue weighted by molar-refractivity contribution is 0.0485. The molecule has 166 valence electrons. The Kier molecular flexibility index (Phi) is 7.35. The van der Waals surface area contributed by atoms with Gasteiger partial charge in [0.1, 0.15) is 5.60 Å². The van der Waals surface area contributed by atoms with Gasteiger partial charge in [0.05, 0.1) is 5.60 Å². The molecule has 5 nitrogen and oxygen atoms in total. The summed E-state index contributed by atoms with van der Waals surface area (Å²) < 4.78 is 5.37. The van der Waals surface area contributed by atoms with Crippen LogP contribution >= 0.6 is 11.6 Å². The van der Waals surface area contributed by atoms with Gasteiger partial charge >= 0.3 is 6.09 Å². The van der Waals surface area contributed by atoms with Crippen molar-refractivity contribution >= 4 is 23.3 Å². The number of alkyl carbamates (subject to hydrolysis) is 1. The summed E-state index contributed by atoms with van der Waals surface area (Å²) in [5.74, 6) is 0. The lowest BCUT2D eigenvalue weighted by atomic mass is 9.77. The second kappa shape index (κ2) is 9.61. The molecular weight excluding hydrogens is 400 g/mol. The molecule has 2 fully saturated rings. The first kappa shape index (κ1) is 23.0. The molecule has 0 aromatic heterocycles. The van der Waals surface area contributed by atoms with Crippen molar-refractivity contribution in [2.75, 3.05) is 13.1 Å². The summed E-state index contributed by atoms with van der Waals surface area (Å²) in [6.45, 7) is 7.25. The number of carbonyl (C=O) groups excluding carboxylic acids is 1. The molecule has 2 N–H and O–H groups in total. The fraction of sp³-hybridized carbons (Fsp3) is 0.625. The number of benzene rings is 1. The van der Waals surface area contributed by atoms with Gasteiger partial charge in [-0.25, -0.2) is 4.79 Å². The highest BCUT2D eigenvalue weighted by molar-refractivity contribution is 6.30. The summed E-state index contributed by atoms with van der Waals surface area (Å²) >= 11 is 6.25. The second-order valence-electron chi connectivity index (χ2n) is 9.60. The molecule has 0 spiro atoms. The number of hydrogen-bond donors (Lipinski definition) is 2. The maximum absolute atomic E-state index is 12.0. The largest absolute Gasteiger partial charge is 0.444 e. The van der Waals surface area contributed by atoms with Gasteiger partial charge in [-0.2, -0.15) is 0 Å². The molecule has 1 aliphatic heterocycles. The Hall–Kier alpha value is -1.72. The normalized spacial score (nSPS) is 20.7. The van der Waals surface area contributed by atoms with E-state index in [4.69, 9.17) is 16.3 Å². The van der Waals surface area contributed by atoms with Crippen molar-refractivity contribution in [1.29, 1.82) is 0 Å². The summed E-state index contributed by atoms with van der Waals surface area (Å²) in [4.78, 5) is 14.3. The third kappa shape index (κ3) is 6.39. The number of ether oxygens (including phenoxy) is 1. The van der Waals surface area contributed by atoms with Crippen LogP contribution in [0.25, 0.3) is 5.57 Å². The lowest BCUT2D eigenvalue weighted by Crippen LogP contribution is -2.45. The quantitative estimate of drug-likeness (QED) is 0.669. The van der Waals surface area contributed by atoms with E-state index in [0.29, 0.717) is 5.02 Å². The molecule has 0 bridgehead atoms. The van der Waals surface area contributed by atoms with E-state index in [0.717, 1.165) is 62.8 Å². The zero-order chi connectivity index (χ0) is 21.8. The van der Waals surface area contributed by atoms with E-state index in [2.05, 4.69) is 16.4 Å². The van der Waals surface area contributed by atoms with Crippen molar-refractivity contribution in [3.8, 4) is 0 Å². The molecule has 1 saturated heterocycles. The van der Waals surface area contributed by atoms with Gasteiger partial charge in [0.15, 0.2) is 0 Å². The number of nitrogens with zero attached hydrogens (tertiary/aromatic N) is 1. The molecule has 3 rings (SSSR count). The van der Waals surface area contributed by atoms with Gasteiger partial charge in [0.2, 0.25) is 0 Å². The third-order valence-corrected chi connectivity index (χ3v) is 6.11. The van der Waals surface area contributed by atoms with Crippen LogP contribution in [0.1, 0.15) is 71.3 Å². The van der Waals surface area contributed by atoms with E-state index in [1.807, 2.05) is 45.0 Å². The lowest BCUT2D eigenvalue weighted by Gasteiger charge is -2.38. The molecular formula is C24H35ClN2O3. The number of aliphatic hydroxyl groups is 1. The fourth-order valence-corrected chi connectivity index (χ4v) is 4.55. The average Bonchev–Trinajstić information content (AvgIpc) is 2.66. The Bertz CT molecular complexity index is 758. The standard InChI is InChI=1S/C24H35ClN2O3/c1-23(2,3)30-22(28)26-20-10-14-27(15-11-20)17-21(18-8-7-9-19(25)16-18)24(29)12-5-4-6-13-24/h7-9,16-17,20,29H,4-6,10-15H2,1-3H3,(H,26,28). The topological polar surface area (TPSA) is 61.8 Å². The van der Waals surface area contributed by atoms with E-state index >= 15 is 0 Å². The van der Waals surface area contributed by atoms with Gasteiger partial charge in [-0.05, 0) is 64.2 Å². The average molecular weight is 435 g/mol. The number of hydrogen-bond acceptors (Lipinski definition) is 4. The van der Waals surface area contributed by atoms with E-state index in [1.165, 1.54) is 6.42 Å². The highest BCUT2D eigenvalue weighted by Crippen LogP contribution is 2.40. The predicted molar refractivity (Wildman–Crippen MR) is 121 cm³/mol. The minimum Gasteiger partial charge on any atom is -0.444 e. The Balaban J connectivity index is 1.70. The minimum atomic E-state index is -0.811. The van der Waals surface area contributed by atoms with Gasteiger partial charge in [-0.3, -0.25) is 0 Å². The van der Waals surface area contributed by atoms with Crippen molar-refractivity contribution in [3.63, 3.8) is 0 Å². The number of amides is 1. The molecule has 1 aliphatic carbocycles. The Labute approximate surface area is 185 Å². The van der Waals surface area contributed by atoms with E-state index in [1.54, 1.807) is 0 Å². The maximum atomic E-state index is 12.0. The Morgan fingerprint density at radius 1 is 1.23 bits per heavy atom. The molecule has 1 heterocycles. The summed E-state index contributed by atoms with van der Waals surface area (Å²) in [5, 5.41) is 15.1. The predicted octanol–water partition coefficient (Wildman–Crippen LogP) is 5.37. The van der Waals surface area contributed by atoms with Crippen LogP contribution in [0, 0.1) is 0 Å². The third-order valence-electron chi connectivity index (χ3n) is 5.88. The second-order valence-corrected chi connectivity index (χ2v) is 10.0. The first-order valence-electron chi connectivity index (χ1n) is 11.1. The van der Waals surface area contributed by atoms with Gasteiger partial charge in [-0.15, -0.1) is 0 Å². The summed E-state index contributed by atoms with van der Waals surface area (Å²) in [5.41, 5.74) is 0.646. The number of likely N-dealkylation sites (tertiary alicyclic amines) is 1. The zero-order valence-corrected chi connectivity index (χ0v) is 19.2. The van der Waals surface area contributed by atoms with Crippen molar-refractivity contribution < 1.29 is 14.6 Å². The molecule has 1 saturated carbocycles. The van der Waals surface area contributed by atoms with Crippen LogP contribution in [-0.4, -0.2) is 46.4 Å². The van der Waals surface area contributed by atoms with E-state index in [9.17, 15) is 9.90 Å². The highest BCUT2D eigenvalue weighted by atomic mass is 35.5. The first-order chi connectivity index (χ1) is 14.1. The maximum Gasteiger partial charge on any atom is 0.407 e. The molecule has 1 aromatic rings. The molecule has 30 heavy (non-hydrogen) atoms. The number of nitrogens with one attached hydrogen (secondary N) is 1. The molecule has 1 aromatic carbocycles. The molecule has 1 amide bonds. The number of halogens is 1. The van der Waals surface area contributed by atoms with Gasteiger partial charge < -0.3 is 20.1 Å². The minimum absolute atomic E-state index is 0.108. The summed E-state index contributed by atoms with van der Waals surface area (Å²) in [6.07, 6.45) is 8.27. The number of piperidine rings is 1. The van der Waals surface area contributed by atoms with E-state index in [-0.39, 0.29) is 12.1 Å². The Morgan fingerprint density at radius 2 is 1.90 bits per heavy atom. The van der Waals surface area contributed by atoms with Crippen LogP contribution in [0.4, 0.5) is 4.79 Å². The van der Waals surface area contributed by atoms with Crippen LogP contribution < -0.4 is 5.32 Å². The molecule has 0 radical (unpaired) electrons. The van der Waals surface area contributed by atoms with E-state index < -0.39 is 11.2 Å². The monoisotopic (exact) mass is 434 g/mol. The Morgan fingerprint density at radius 3 is 2.50 bits per heavy atom. The number of rotatable bonds is 4. The van der Waals surface area contributed by atoms with Crippen molar-refractivity contribution in [3.05, 3.63) is 41.1 Å². The van der Waals surface area contributed by atoms with Crippen molar-refractivity contribution in [2.24, 2.45) is 0 Å². The van der Waals surface area contributed by atoms with Crippen LogP contribution in [0.2, 0.25) is 5.02 Å². The first-order valence-corrected chi connectivity index (χ1v) is 11.5. The zero-order valence-electron chi connectivity index (χ0n) is 18.4. The summed E-state index contributed by atoms with van der Waals surface area (Å²) in [6, 6.07) is 7.88. The van der Waals surface area contributed by atoms with Crippen LogP contribution in [0.3, 0.4) is 0 Å².